The summed E-state index contributed by atoms with van der Waals surface area (Å²) >= 11 is 5.70. The van der Waals surface area contributed by atoms with Crippen LogP contribution in [0.4, 0.5) is 17.6 Å². The fraction of sp³-hybridized carbons (Fsp3) is 0.294. The van der Waals surface area contributed by atoms with Crippen LogP contribution in [0.5, 0.6) is 5.75 Å². The molecule has 1 aliphatic rings. The zero-order chi connectivity index (χ0) is 20.6. The molecule has 0 spiro atoms. The van der Waals surface area contributed by atoms with Gasteiger partial charge in [-0.05, 0) is 54.9 Å². The number of rotatable bonds is 5. The van der Waals surface area contributed by atoms with Crippen LogP contribution in [0.2, 0.25) is 5.02 Å². The predicted octanol–water partition coefficient (Wildman–Crippen LogP) is 3.54. The summed E-state index contributed by atoms with van der Waals surface area (Å²) in [6, 6.07) is 7.85. The lowest BCUT2D eigenvalue weighted by atomic mass is 9.90. The van der Waals surface area contributed by atoms with Gasteiger partial charge in [0.05, 0.1) is 15.5 Å². The van der Waals surface area contributed by atoms with Crippen molar-refractivity contribution in [2.24, 2.45) is 0 Å². The van der Waals surface area contributed by atoms with E-state index in [-0.39, 0.29) is 16.5 Å². The molecule has 0 aliphatic carbocycles. The second-order valence-electron chi connectivity index (χ2n) is 6.26. The lowest BCUT2D eigenvalue weighted by Gasteiger charge is -2.30. The molecule has 5 nitrogen and oxygen atoms in total. The van der Waals surface area contributed by atoms with Gasteiger partial charge >= 0.3 is 6.36 Å². The van der Waals surface area contributed by atoms with Crippen molar-refractivity contribution in [1.29, 1.82) is 0 Å². The predicted molar refractivity (Wildman–Crippen MR) is 94.0 cm³/mol. The Labute approximate surface area is 163 Å². The molecular weight excluding hydrogens is 424 g/mol. The second-order valence-corrected chi connectivity index (χ2v) is 8.35. The van der Waals surface area contributed by atoms with Gasteiger partial charge in [0.15, 0.2) is 0 Å². The fourth-order valence-electron chi connectivity index (χ4n) is 3.01. The van der Waals surface area contributed by atoms with Gasteiger partial charge in [0.1, 0.15) is 11.6 Å². The number of sulfonamides is 1. The molecule has 28 heavy (non-hydrogen) atoms. The van der Waals surface area contributed by atoms with Crippen LogP contribution < -0.4 is 14.8 Å². The highest BCUT2D eigenvalue weighted by Gasteiger charge is 2.40. The second kappa shape index (κ2) is 7.51. The zero-order valence-corrected chi connectivity index (χ0v) is 15.8. The molecule has 1 saturated heterocycles. The molecule has 0 aromatic heterocycles. The summed E-state index contributed by atoms with van der Waals surface area (Å²) in [5, 5.41) is 2.94. The van der Waals surface area contributed by atoms with E-state index in [9.17, 15) is 26.0 Å². The maximum absolute atomic E-state index is 13.9. The Morgan fingerprint density at radius 1 is 1.14 bits per heavy atom. The van der Waals surface area contributed by atoms with Gasteiger partial charge in [-0.3, -0.25) is 0 Å². The Kier molecular flexibility index (Phi) is 5.59. The van der Waals surface area contributed by atoms with Gasteiger partial charge < -0.3 is 10.1 Å². The lowest BCUT2D eigenvalue weighted by Crippen LogP contribution is -2.47. The molecule has 2 aromatic carbocycles. The van der Waals surface area contributed by atoms with Gasteiger partial charge in [-0.25, -0.2) is 12.8 Å². The number of halogens is 5. The summed E-state index contributed by atoms with van der Waals surface area (Å²) < 4.78 is 82.5. The van der Waals surface area contributed by atoms with Crippen LogP contribution in [0.15, 0.2) is 47.4 Å². The standard InChI is InChI=1S/C17H15ClF4N2O3S/c18-14-6-1-11(9-15(14)19)16(7-8-23-10-16)24-28(25,26)13-4-2-12(3-5-13)27-17(20,21)22/h1-6,9,23-24H,7-8,10H2/t16-/m1/s1. The molecule has 1 fully saturated rings. The quantitative estimate of drug-likeness (QED) is 0.701. The topological polar surface area (TPSA) is 67.4 Å². The number of hydrogen-bond donors (Lipinski definition) is 2. The van der Waals surface area contributed by atoms with Crippen LogP contribution in [0.25, 0.3) is 0 Å². The molecule has 1 atom stereocenters. The van der Waals surface area contributed by atoms with E-state index in [0.29, 0.717) is 18.5 Å². The monoisotopic (exact) mass is 438 g/mol. The smallest absolute Gasteiger partial charge is 0.406 e. The van der Waals surface area contributed by atoms with E-state index < -0.39 is 33.5 Å². The third-order valence-electron chi connectivity index (χ3n) is 4.32. The van der Waals surface area contributed by atoms with E-state index >= 15 is 0 Å². The minimum absolute atomic E-state index is 0.0898. The first kappa shape index (κ1) is 20.8. The maximum Gasteiger partial charge on any atom is 0.573 e. The highest BCUT2D eigenvalue weighted by Crippen LogP contribution is 2.32. The average Bonchev–Trinajstić information content (AvgIpc) is 3.05. The van der Waals surface area contributed by atoms with Crippen molar-refractivity contribution < 1.29 is 30.7 Å². The summed E-state index contributed by atoms with van der Waals surface area (Å²) in [5.74, 6) is -1.22. The minimum atomic E-state index is -4.88. The Balaban J connectivity index is 1.89. The molecule has 0 unspecified atom stereocenters. The van der Waals surface area contributed by atoms with Gasteiger partial charge in [-0.1, -0.05) is 17.7 Å². The lowest BCUT2D eigenvalue weighted by molar-refractivity contribution is -0.274. The van der Waals surface area contributed by atoms with Crippen LogP contribution in [-0.4, -0.2) is 27.9 Å². The summed E-state index contributed by atoms with van der Waals surface area (Å²) in [6.07, 6.45) is -4.53. The van der Waals surface area contributed by atoms with Gasteiger partial charge in [0.2, 0.25) is 10.0 Å². The molecule has 11 heteroatoms. The molecule has 3 rings (SSSR count). The van der Waals surface area contributed by atoms with Gasteiger partial charge in [0, 0.05) is 6.54 Å². The molecule has 2 aromatic rings. The molecule has 1 heterocycles. The van der Waals surface area contributed by atoms with Crippen LogP contribution >= 0.6 is 11.6 Å². The van der Waals surface area contributed by atoms with Crippen molar-refractivity contribution >= 4 is 21.6 Å². The summed E-state index contributed by atoms with van der Waals surface area (Å²) in [4.78, 5) is -0.247. The molecule has 0 saturated carbocycles. The normalized spacial score (nSPS) is 20.3. The number of hydrogen-bond acceptors (Lipinski definition) is 4. The van der Waals surface area contributed by atoms with Crippen LogP contribution in [-0.2, 0) is 15.6 Å². The number of ether oxygens (including phenoxy) is 1. The molecule has 0 radical (unpaired) electrons. The van der Waals surface area contributed by atoms with Gasteiger partial charge in [-0.15, -0.1) is 13.2 Å². The third-order valence-corrected chi connectivity index (χ3v) is 6.18. The highest BCUT2D eigenvalue weighted by atomic mass is 35.5. The van der Waals surface area contributed by atoms with E-state index in [2.05, 4.69) is 14.8 Å². The van der Waals surface area contributed by atoms with E-state index in [0.717, 1.165) is 30.3 Å². The third kappa shape index (κ3) is 4.57. The zero-order valence-electron chi connectivity index (χ0n) is 14.2. The van der Waals surface area contributed by atoms with Crippen LogP contribution in [0.3, 0.4) is 0 Å². The Morgan fingerprint density at radius 3 is 2.36 bits per heavy atom. The van der Waals surface area contributed by atoms with Crippen LogP contribution in [0, 0.1) is 5.82 Å². The van der Waals surface area contributed by atoms with E-state index in [1.165, 1.54) is 12.1 Å². The summed E-state index contributed by atoms with van der Waals surface area (Å²) in [6.45, 7) is 0.702. The molecule has 1 aliphatic heterocycles. The number of alkyl halides is 3. The minimum Gasteiger partial charge on any atom is -0.406 e. The Bertz CT molecular complexity index is 959. The number of nitrogens with one attached hydrogen (secondary N) is 2. The van der Waals surface area contributed by atoms with E-state index in [4.69, 9.17) is 11.6 Å². The highest BCUT2D eigenvalue weighted by molar-refractivity contribution is 7.89. The van der Waals surface area contributed by atoms with E-state index in [1.807, 2.05) is 0 Å². The largest absolute Gasteiger partial charge is 0.573 e. The SMILES string of the molecule is O=S(=O)(N[C@]1(c2ccc(Cl)c(F)c2)CCNC1)c1ccc(OC(F)(F)F)cc1. The maximum atomic E-state index is 13.9. The van der Waals surface area contributed by atoms with Crippen molar-refractivity contribution in [3.63, 3.8) is 0 Å². The van der Waals surface area contributed by atoms with Crippen molar-refractivity contribution in [3.05, 3.63) is 58.9 Å². The van der Waals surface area contributed by atoms with E-state index in [1.54, 1.807) is 0 Å². The van der Waals surface area contributed by atoms with Crippen molar-refractivity contribution in [2.45, 2.75) is 23.2 Å². The van der Waals surface area contributed by atoms with Crippen LogP contribution in [0.1, 0.15) is 12.0 Å². The Hall–Kier alpha value is -1.88. The first-order valence-corrected chi connectivity index (χ1v) is 9.93. The molecule has 0 amide bonds. The number of benzene rings is 2. The summed E-state index contributed by atoms with van der Waals surface area (Å²) in [7, 11) is -4.12. The summed E-state index contributed by atoms with van der Waals surface area (Å²) in [5.41, 5.74) is -0.731. The fourth-order valence-corrected chi connectivity index (χ4v) is 4.55. The Morgan fingerprint density at radius 2 is 1.82 bits per heavy atom. The molecular formula is C17H15ClF4N2O3S. The molecule has 2 N–H and O–H groups in total. The van der Waals surface area contributed by atoms with Crippen molar-refractivity contribution in [2.75, 3.05) is 13.1 Å². The van der Waals surface area contributed by atoms with Crippen molar-refractivity contribution in [3.8, 4) is 5.75 Å². The average molecular weight is 439 g/mol. The first-order chi connectivity index (χ1) is 13.0. The molecule has 0 bridgehead atoms. The first-order valence-electron chi connectivity index (χ1n) is 8.07. The molecule has 152 valence electrons. The van der Waals surface area contributed by atoms with Gasteiger partial charge in [0.25, 0.3) is 0 Å². The van der Waals surface area contributed by atoms with Gasteiger partial charge in [-0.2, -0.15) is 4.72 Å². The van der Waals surface area contributed by atoms with Crippen molar-refractivity contribution in [1.82, 2.24) is 10.0 Å².